The number of amides is 1. The molecule has 1 amide bonds. The van der Waals surface area contributed by atoms with Gasteiger partial charge in [0.2, 0.25) is 0 Å². The van der Waals surface area contributed by atoms with Crippen molar-refractivity contribution >= 4 is 28.6 Å². The Morgan fingerprint density at radius 2 is 1.89 bits per heavy atom. The topological polar surface area (TPSA) is 78.6 Å². The molecule has 0 unspecified atom stereocenters. The van der Waals surface area contributed by atoms with Gasteiger partial charge in [-0.25, -0.2) is 4.79 Å². The molecule has 0 saturated heterocycles. The Balaban J connectivity index is 1.31. The molecule has 8 nitrogen and oxygen atoms in total. The van der Waals surface area contributed by atoms with Crippen molar-refractivity contribution in [3.8, 4) is 11.4 Å². The predicted molar refractivity (Wildman–Crippen MR) is 143 cm³/mol. The Morgan fingerprint density at radius 3 is 2.62 bits per heavy atom. The van der Waals surface area contributed by atoms with E-state index in [2.05, 4.69) is 15.6 Å². The molecular weight excluding hydrogens is 492 g/mol. The summed E-state index contributed by atoms with van der Waals surface area (Å²) in [5.41, 5.74) is 3.03. The summed E-state index contributed by atoms with van der Waals surface area (Å²) in [5, 5.41) is 1.62. The summed E-state index contributed by atoms with van der Waals surface area (Å²) >= 11 is 5.87. The van der Waals surface area contributed by atoms with Crippen LogP contribution in [0, 0.1) is 0 Å². The van der Waals surface area contributed by atoms with Gasteiger partial charge in [-0.15, -0.1) is 0 Å². The highest BCUT2D eigenvalue weighted by Crippen LogP contribution is 2.25. The van der Waals surface area contributed by atoms with E-state index in [1.54, 1.807) is 40.1 Å². The van der Waals surface area contributed by atoms with Crippen molar-refractivity contribution < 1.29 is 14.3 Å². The highest BCUT2D eigenvalue weighted by Gasteiger charge is 2.25. The lowest BCUT2D eigenvalue weighted by Gasteiger charge is -2.26. The molecule has 192 valence electrons. The van der Waals surface area contributed by atoms with Gasteiger partial charge in [0.1, 0.15) is 18.0 Å². The maximum Gasteiger partial charge on any atom is 0.410 e. The van der Waals surface area contributed by atoms with Crippen molar-refractivity contribution in [3.05, 3.63) is 87.7 Å². The van der Waals surface area contributed by atoms with Gasteiger partial charge in [-0.3, -0.25) is 14.3 Å². The van der Waals surface area contributed by atoms with E-state index in [1.807, 2.05) is 39.0 Å². The monoisotopic (exact) mass is 520 g/mol. The second-order valence-corrected chi connectivity index (χ2v) is 10.5. The fraction of sp³-hybridized carbons (Fsp3) is 0.321. The SMILES string of the molecule is CC(C)(C)OC(=O)N1CCc2cc3cc(-n4ccc(OCc5ccc(Cl)cn5)cc4=O)ccc3n2CC1. The Morgan fingerprint density at radius 1 is 1.05 bits per heavy atom. The van der Waals surface area contributed by atoms with Gasteiger partial charge in [0, 0.05) is 66.8 Å². The summed E-state index contributed by atoms with van der Waals surface area (Å²) in [7, 11) is 0. The third kappa shape index (κ3) is 5.64. The second-order valence-electron chi connectivity index (χ2n) is 10.1. The lowest BCUT2D eigenvalue weighted by Crippen LogP contribution is -2.38. The van der Waals surface area contributed by atoms with Gasteiger partial charge in [-0.05, 0) is 63.2 Å². The molecule has 1 aromatic carbocycles. The summed E-state index contributed by atoms with van der Waals surface area (Å²) in [4.78, 5) is 31.4. The Hall–Kier alpha value is -3.78. The molecule has 5 rings (SSSR count). The van der Waals surface area contributed by atoms with E-state index in [4.69, 9.17) is 21.1 Å². The van der Waals surface area contributed by atoms with Crippen molar-refractivity contribution in [2.24, 2.45) is 0 Å². The third-order valence-electron chi connectivity index (χ3n) is 6.20. The van der Waals surface area contributed by atoms with Gasteiger partial charge >= 0.3 is 6.09 Å². The normalized spacial score (nSPS) is 13.8. The zero-order valence-electron chi connectivity index (χ0n) is 21.1. The lowest BCUT2D eigenvalue weighted by molar-refractivity contribution is 0.0254. The maximum absolute atomic E-state index is 12.9. The summed E-state index contributed by atoms with van der Waals surface area (Å²) in [5.74, 6) is 0.476. The standard InChI is InChI=1S/C28H29ClN4O4/c1-28(2,3)37-27(35)31-10-8-23-15-19-14-22(6-7-25(19)32(23)13-12-31)33-11-9-24(16-26(33)34)36-18-21-5-4-20(29)17-30-21/h4-7,9,11,14-17H,8,10,12-13,18H2,1-3H3. The molecule has 0 saturated carbocycles. The van der Waals surface area contributed by atoms with E-state index in [1.165, 1.54) is 6.07 Å². The van der Waals surface area contributed by atoms with Crippen molar-refractivity contribution in [1.29, 1.82) is 0 Å². The summed E-state index contributed by atoms with van der Waals surface area (Å²) in [6.45, 7) is 7.75. The minimum Gasteiger partial charge on any atom is -0.487 e. The first-order valence-electron chi connectivity index (χ1n) is 12.2. The van der Waals surface area contributed by atoms with Crippen molar-refractivity contribution in [2.75, 3.05) is 13.1 Å². The van der Waals surface area contributed by atoms with Crippen molar-refractivity contribution in [1.82, 2.24) is 19.0 Å². The van der Waals surface area contributed by atoms with Crippen molar-refractivity contribution in [3.63, 3.8) is 0 Å². The van der Waals surface area contributed by atoms with Crippen LogP contribution in [0.5, 0.6) is 5.75 Å². The Bertz CT molecular complexity index is 1500. The first-order valence-corrected chi connectivity index (χ1v) is 12.6. The number of nitrogens with zero attached hydrogens (tertiary/aromatic N) is 4. The van der Waals surface area contributed by atoms with Gasteiger partial charge in [0.25, 0.3) is 5.56 Å². The van der Waals surface area contributed by atoms with Crippen LogP contribution in [0.2, 0.25) is 5.02 Å². The molecule has 0 bridgehead atoms. The quantitative estimate of drug-likeness (QED) is 0.369. The van der Waals surface area contributed by atoms with Gasteiger partial charge in [-0.2, -0.15) is 0 Å². The number of carbonyl (C=O) groups is 1. The number of halogens is 1. The number of carbonyl (C=O) groups excluding carboxylic acids is 1. The fourth-order valence-corrected chi connectivity index (χ4v) is 4.55. The van der Waals surface area contributed by atoms with E-state index in [9.17, 15) is 9.59 Å². The number of rotatable bonds is 4. The van der Waals surface area contributed by atoms with Crippen molar-refractivity contribution in [2.45, 2.75) is 45.9 Å². The molecule has 0 spiro atoms. The third-order valence-corrected chi connectivity index (χ3v) is 6.42. The molecule has 0 radical (unpaired) electrons. The highest BCUT2D eigenvalue weighted by atomic mass is 35.5. The first-order chi connectivity index (χ1) is 17.7. The van der Waals surface area contributed by atoms with E-state index in [0.29, 0.717) is 30.4 Å². The summed E-state index contributed by atoms with van der Waals surface area (Å²) in [6, 6.07) is 14.9. The predicted octanol–water partition coefficient (Wildman–Crippen LogP) is 5.21. The number of hydrogen-bond acceptors (Lipinski definition) is 5. The minimum atomic E-state index is -0.516. The minimum absolute atomic E-state index is 0.185. The highest BCUT2D eigenvalue weighted by molar-refractivity contribution is 6.30. The van der Waals surface area contributed by atoms with Gasteiger partial charge in [-0.1, -0.05) is 11.6 Å². The number of aromatic nitrogens is 3. The average Bonchev–Trinajstić information content (AvgIpc) is 3.05. The Labute approximate surface area is 220 Å². The number of fused-ring (bicyclic) bond motifs is 3. The van der Waals surface area contributed by atoms with Crippen LogP contribution in [-0.2, 0) is 24.3 Å². The van der Waals surface area contributed by atoms with E-state index in [-0.39, 0.29) is 18.3 Å². The fourth-order valence-electron chi connectivity index (χ4n) is 4.44. The van der Waals surface area contributed by atoms with Gasteiger partial charge in [0.15, 0.2) is 0 Å². The average molecular weight is 521 g/mol. The first kappa shape index (κ1) is 24.9. The molecule has 9 heteroatoms. The molecule has 37 heavy (non-hydrogen) atoms. The van der Waals surface area contributed by atoms with Crippen LogP contribution >= 0.6 is 11.6 Å². The summed E-state index contributed by atoms with van der Waals surface area (Å²) in [6.07, 6.45) is 3.74. The van der Waals surface area contributed by atoms with Crippen LogP contribution in [0.1, 0.15) is 32.2 Å². The van der Waals surface area contributed by atoms with E-state index >= 15 is 0 Å². The van der Waals surface area contributed by atoms with Gasteiger partial charge < -0.3 is 18.9 Å². The second kappa shape index (κ2) is 9.94. The van der Waals surface area contributed by atoms with Crippen LogP contribution in [0.3, 0.4) is 0 Å². The molecule has 1 aliphatic heterocycles. The molecule has 0 atom stereocenters. The maximum atomic E-state index is 12.9. The zero-order valence-corrected chi connectivity index (χ0v) is 21.9. The lowest BCUT2D eigenvalue weighted by atomic mass is 10.2. The smallest absolute Gasteiger partial charge is 0.410 e. The Kier molecular flexibility index (Phi) is 6.69. The molecule has 3 aromatic heterocycles. The number of hydrogen-bond donors (Lipinski definition) is 0. The van der Waals surface area contributed by atoms with Crippen LogP contribution in [0.25, 0.3) is 16.6 Å². The summed E-state index contributed by atoms with van der Waals surface area (Å²) < 4.78 is 15.1. The van der Waals surface area contributed by atoms with E-state index < -0.39 is 5.60 Å². The largest absolute Gasteiger partial charge is 0.487 e. The molecular formula is C28H29ClN4O4. The molecule has 0 fully saturated rings. The number of ether oxygens (including phenoxy) is 2. The molecule has 1 aliphatic rings. The van der Waals surface area contributed by atoms with Crippen LogP contribution in [0.4, 0.5) is 4.79 Å². The van der Waals surface area contributed by atoms with Crippen LogP contribution < -0.4 is 10.3 Å². The van der Waals surface area contributed by atoms with E-state index in [0.717, 1.165) is 34.4 Å². The van der Waals surface area contributed by atoms with Gasteiger partial charge in [0.05, 0.1) is 10.7 Å². The molecule has 4 heterocycles. The number of pyridine rings is 2. The molecule has 4 aromatic rings. The number of benzene rings is 1. The van der Waals surface area contributed by atoms with Crippen LogP contribution in [0.15, 0.2) is 65.7 Å². The zero-order chi connectivity index (χ0) is 26.2. The van der Waals surface area contributed by atoms with Crippen LogP contribution in [-0.4, -0.2) is 43.8 Å². The molecule has 0 aliphatic carbocycles. The molecule has 0 N–H and O–H groups in total.